The van der Waals surface area contributed by atoms with E-state index in [9.17, 15) is 13.2 Å². The minimum Gasteiger partial charge on any atom is -0.395 e. The molecule has 0 bridgehead atoms. The van der Waals surface area contributed by atoms with Crippen LogP contribution in [0.5, 0.6) is 0 Å². The highest BCUT2D eigenvalue weighted by molar-refractivity contribution is 5.27. The van der Waals surface area contributed by atoms with Gasteiger partial charge in [-0.25, -0.2) is 0 Å². The van der Waals surface area contributed by atoms with E-state index in [0.717, 1.165) is 6.08 Å². The highest BCUT2D eigenvalue weighted by atomic mass is 19.4. The number of halogens is 3. The molecule has 1 N–H and O–H groups in total. The van der Waals surface area contributed by atoms with Crippen molar-refractivity contribution in [1.82, 2.24) is 4.90 Å². The molecule has 92 valence electrons. The number of alkyl halides is 3. The zero-order valence-corrected chi connectivity index (χ0v) is 9.22. The maximum Gasteiger partial charge on any atom is 0.415 e. The van der Waals surface area contributed by atoms with Crippen LogP contribution in [0.3, 0.4) is 0 Å². The van der Waals surface area contributed by atoms with Gasteiger partial charge in [0.1, 0.15) is 0 Å². The van der Waals surface area contributed by atoms with Gasteiger partial charge in [0.25, 0.3) is 0 Å². The zero-order chi connectivity index (χ0) is 12.8. The number of allylic oxidation sites excluding steroid dienone is 2. The topological polar surface area (TPSA) is 23.5 Å². The van der Waals surface area contributed by atoms with E-state index < -0.39 is 11.7 Å². The lowest BCUT2D eigenvalue weighted by molar-refractivity contribution is -0.0878. The summed E-state index contributed by atoms with van der Waals surface area (Å²) in [5.41, 5.74) is -0.375. The first-order chi connectivity index (χ1) is 7.27. The molecule has 0 unspecified atom stereocenters. The molecular weight excluding hydrogens is 219 g/mol. The van der Waals surface area contributed by atoms with E-state index in [1.807, 2.05) is 0 Å². The van der Waals surface area contributed by atoms with Gasteiger partial charge >= 0.3 is 6.18 Å². The summed E-state index contributed by atoms with van der Waals surface area (Å²) in [6.45, 7) is 7.38. The number of hydrogen-bond acceptors (Lipinski definition) is 2. The van der Waals surface area contributed by atoms with Crippen molar-refractivity contribution in [3.05, 3.63) is 36.5 Å². The summed E-state index contributed by atoms with van der Waals surface area (Å²) >= 11 is 0. The summed E-state index contributed by atoms with van der Waals surface area (Å²) in [7, 11) is 1.74. The maximum atomic E-state index is 12.1. The number of rotatable bonds is 6. The fourth-order valence-electron chi connectivity index (χ4n) is 0.962. The summed E-state index contributed by atoms with van der Waals surface area (Å²) in [4.78, 5) is 1.75. The van der Waals surface area contributed by atoms with Crippen LogP contribution < -0.4 is 0 Å². The predicted molar refractivity (Wildman–Crippen MR) is 58.1 cm³/mol. The van der Waals surface area contributed by atoms with Gasteiger partial charge in [0.2, 0.25) is 0 Å². The summed E-state index contributed by atoms with van der Waals surface area (Å²) in [6.07, 6.45) is -2.22. The maximum absolute atomic E-state index is 12.1. The third kappa shape index (κ3) is 6.42. The van der Waals surface area contributed by atoms with Gasteiger partial charge in [-0.1, -0.05) is 25.3 Å². The van der Waals surface area contributed by atoms with E-state index in [1.54, 1.807) is 11.9 Å². The second kappa shape index (κ2) is 6.50. The van der Waals surface area contributed by atoms with Gasteiger partial charge in [0.05, 0.1) is 6.61 Å². The molecule has 0 saturated carbocycles. The predicted octanol–water partition coefficient (Wildman–Crippen LogP) is 2.14. The molecule has 0 saturated heterocycles. The Labute approximate surface area is 93.4 Å². The molecule has 0 aromatic rings. The Morgan fingerprint density at radius 1 is 1.31 bits per heavy atom. The van der Waals surface area contributed by atoms with Crippen molar-refractivity contribution in [2.45, 2.75) is 6.18 Å². The molecule has 5 heteroatoms. The largest absolute Gasteiger partial charge is 0.415 e. The summed E-state index contributed by atoms with van der Waals surface area (Å²) in [6, 6.07) is 0. The van der Waals surface area contributed by atoms with E-state index in [0.29, 0.717) is 18.7 Å². The molecule has 16 heavy (non-hydrogen) atoms. The van der Waals surface area contributed by atoms with Crippen molar-refractivity contribution in [1.29, 1.82) is 0 Å². The van der Waals surface area contributed by atoms with Crippen LogP contribution in [-0.4, -0.2) is 42.9 Å². The minimum absolute atomic E-state index is 0.00273. The summed E-state index contributed by atoms with van der Waals surface area (Å²) < 4.78 is 36.2. The molecule has 0 aliphatic rings. The number of aliphatic hydroxyl groups is 1. The van der Waals surface area contributed by atoms with Crippen molar-refractivity contribution in [2.75, 3.05) is 26.7 Å². The monoisotopic (exact) mass is 235 g/mol. The van der Waals surface area contributed by atoms with Crippen molar-refractivity contribution in [3.8, 4) is 0 Å². The fourth-order valence-corrected chi connectivity index (χ4v) is 0.962. The molecule has 2 nitrogen and oxygen atoms in total. The van der Waals surface area contributed by atoms with Crippen LogP contribution in [0.4, 0.5) is 13.2 Å². The minimum atomic E-state index is -4.40. The molecule has 0 radical (unpaired) electrons. The van der Waals surface area contributed by atoms with Crippen molar-refractivity contribution in [2.24, 2.45) is 0 Å². The van der Waals surface area contributed by atoms with Crippen LogP contribution in [0.25, 0.3) is 0 Å². The summed E-state index contributed by atoms with van der Waals surface area (Å²) in [5.74, 6) is 0. The average molecular weight is 235 g/mol. The number of likely N-dealkylation sites (N-methyl/N-ethyl adjacent to an activating group) is 1. The van der Waals surface area contributed by atoms with Gasteiger partial charge in [-0.2, -0.15) is 13.2 Å². The second-order valence-corrected chi connectivity index (χ2v) is 3.48. The van der Waals surface area contributed by atoms with E-state index in [2.05, 4.69) is 13.2 Å². The molecule has 0 aliphatic carbocycles. The van der Waals surface area contributed by atoms with Gasteiger partial charge in [-0.15, -0.1) is 0 Å². The van der Waals surface area contributed by atoms with Crippen LogP contribution >= 0.6 is 0 Å². The molecule has 0 heterocycles. The zero-order valence-electron chi connectivity index (χ0n) is 9.22. The molecule has 0 amide bonds. The fraction of sp³-hybridized carbons (Fsp3) is 0.455. The Morgan fingerprint density at radius 2 is 1.88 bits per heavy atom. The smallest absolute Gasteiger partial charge is 0.395 e. The Morgan fingerprint density at radius 3 is 2.31 bits per heavy atom. The van der Waals surface area contributed by atoms with Crippen LogP contribution in [-0.2, 0) is 0 Å². The first-order valence-electron chi connectivity index (χ1n) is 4.68. The van der Waals surface area contributed by atoms with E-state index in [4.69, 9.17) is 5.11 Å². The van der Waals surface area contributed by atoms with Gasteiger partial charge in [0, 0.05) is 18.7 Å². The van der Waals surface area contributed by atoms with Crippen molar-refractivity contribution >= 4 is 0 Å². The quantitative estimate of drug-likeness (QED) is 0.713. The molecule has 0 aromatic carbocycles. The lowest BCUT2D eigenvalue weighted by atomic mass is 10.2. The lowest BCUT2D eigenvalue weighted by Crippen LogP contribution is -2.23. The molecule has 0 fully saturated rings. The molecule has 0 rings (SSSR count). The van der Waals surface area contributed by atoms with Crippen LogP contribution in [0.15, 0.2) is 36.5 Å². The van der Waals surface area contributed by atoms with Crippen LogP contribution in [0.1, 0.15) is 0 Å². The van der Waals surface area contributed by atoms with Gasteiger partial charge in [0.15, 0.2) is 0 Å². The number of hydrogen-bond donors (Lipinski definition) is 1. The molecule has 0 aromatic heterocycles. The third-order valence-corrected chi connectivity index (χ3v) is 1.84. The van der Waals surface area contributed by atoms with Crippen molar-refractivity contribution in [3.63, 3.8) is 0 Å². The first-order valence-corrected chi connectivity index (χ1v) is 4.68. The Balaban J connectivity index is 4.15. The van der Waals surface area contributed by atoms with Gasteiger partial charge in [-0.05, 0) is 12.6 Å². The molecule has 0 aliphatic heterocycles. The van der Waals surface area contributed by atoms with Gasteiger partial charge in [-0.3, -0.25) is 4.90 Å². The Kier molecular flexibility index (Phi) is 6.06. The highest BCUT2D eigenvalue weighted by Gasteiger charge is 2.29. The van der Waals surface area contributed by atoms with E-state index in [1.165, 1.54) is 6.08 Å². The molecular formula is C11H16F3NO. The number of aliphatic hydroxyl groups excluding tert-OH is 1. The first kappa shape index (κ1) is 14.9. The van der Waals surface area contributed by atoms with Crippen molar-refractivity contribution < 1.29 is 18.3 Å². The Hall–Kier alpha value is -1.07. The van der Waals surface area contributed by atoms with E-state index in [-0.39, 0.29) is 6.61 Å². The standard InChI is InChI=1S/C11H16F3NO/c1-9(8-15(3)6-7-16)4-5-10(2)11(12,13)14/h4-5,16H,1-2,6-8H2,3H3/b5-4-. The Bertz CT molecular complexity index is 281. The summed E-state index contributed by atoms with van der Waals surface area (Å²) in [5, 5.41) is 8.62. The lowest BCUT2D eigenvalue weighted by Gasteiger charge is -2.14. The number of nitrogens with zero attached hydrogens (tertiary/aromatic N) is 1. The van der Waals surface area contributed by atoms with E-state index >= 15 is 0 Å². The average Bonchev–Trinajstić information content (AvgIpc) is 2.12. The second-order valence-electron chi connectivity index (χ2n) is 3.48. The van der Waals surface area contributed by atoms with Crippen LogP contribution in [0, 0.1) is 0 Å². The SMILES string of the molecule is C=C(/C=C\C(=C)C(F)(F)F)CN(C)CCO. The third-order valence-electron chi connectivity index (χ3n) is 1.84. The molecule has 0 atom stereocenters. The van der Waals surface area contributed by atoms with Gasteiger partial charge < -0.3 is 5.11 Å². The normalized spacial score (nSPS) is 12.4. The molecule has 0 spiro atoms. The van der Waals surface area contributed by atoms with Crippen LogP contribution in [0.2, 0.25) is 0 Å². The highest BCUT2D eigenvalue weighted by Crippen LogP contribution is 2.24.